The second-order valence-electron chi connectivity index (χ2n) is 6.51. The molecule has 0 radical (unpaired) electrons. The highest BCUT2D eigenvalue weighted by atomic mass is 35.5. The summed E-state index contributed by atoms with van der Waals surface area (Å²) >= 11 is 6.15. The van der Waals surface area contributed by atoms with E-state index in [1.807, 2.05) is 32.0 Å². The highest BCUT2D eigenvalue weighted by Gasteiger charge is 2.35. The maximum atomic E-state index is 12.6. The van der Waals surface area contributed by atoms with Crippen LogP contribution in [0.5, 0.6) is 5.75 Å². The fourth-order valence-electron chi connectivity index (χ4n) is 3.02. The summed E-state index contributed by atoms with van der Waals surface area (Å²) in [5.41, 5.74) is 3.69. The van der Waals surface area contributed by atoms with Gasteiger partial charge in [0.2, 0.25) is 11.8 Å². The van der Waals surface area contributed by atoms with Gasteiger partial charge >= 0.3 is 0 Å². The third-order valence-corrected chi connectivity index (χ3v) is 5.01. The molecule has 0 aromatic heterocycles. The number of benzene rings is 2. The molecule has 136 valence electrons. The fraction of sp³-hybridized carbons (Fsp3) is 0.300. The summed E-state index contributed by atoms with van der Waals surface area (Å²) in [5.74, 6) is -0.0914. The van der Waals surface area contributed by atoms with E-state index in [0.717, 1.165) is 11.3 Å². The number of aryl methyl sites for hydroxylation is 2. The smallest absolute Gasteiger partial charge is 0.229 e. The monoisotopic (exact) mass is 372 g/mol. The highest BCUT2D eigenvalue weighted by molar-refractivity contribution is 6.32. The van der Waals surface area contributed by atoms with Crippen LogP contribution in [0.25, 0.3) is 0 Å². The highest BCUT2D eigenvalue weighted by Crippen LogP contribution is 2.32. The molecule has 1 fully saturated rings. The number of ether oxygens (including phenoxy) is 1. The maximum absolute atomic E-state index is 12.6. The Morgan fingerprint density at radius 2 is 1.96 bits per heavy atom. The van der Waals surface area contributed by atoms with E-state index in [-0.39, 0.29) is 18.2 Å². The van der Waals surface area contributed by atoms with Crippen LogP contribution in [0.2, 0.25) is 5.02 Å². The van der Waals surface area contributed by atoms with E-state index >= 15 is 0 Å². The van der Waals surface area contributed by atoms with Gasteiger partial charge in [-0.3, -0.25) is 9.59 Å². The Morgan fingerprint density at radius 1 is 1.19 bits per heavy atom. The molecule has 2 amide bonds. The summed E-state index contributed by atoms with van der Waals surface area (Å²) in [5, 5.41) is 3.34. The van der Waals surface area contributed by atoms with Crippen molar-refractivity contribution in [2.75, 3.05) is 23.9 Å². The molecule has 1 atom stereocenters. The average molecular weight is 373 g/mol. The Balaban J connectivity index is 1.71. The molecule has 26 heavy (non-hydrogen) atoms. The van der Waals surface area contributed by atoms with Crippen LogP contribution in [0.3, 0.4) is 0 Å². The van der Waals surface area contributed by atoms with Crippen molar-refractivity contribution >= 4 is 34.8 Å². The Labute approximate surface area is 157 Å². The van der Waals surface area contributed by atoms with Gasteiger partial charge in [0.1, 0.15) is 5.75 Å². The summed E-state index contributed by atoms with van der Waals surface area (Å²) in [7, 11) is 1.54. The van der Waals surface area contributed by atoms with E-state index in [9.17, 15) is 9.59 Å². The third-order valence-electron chi connectivity index (χ3n) is 4.72. The third kappa shape index (κ3) is 3.68. The number of anilines is 2. The largest absolute Gasteiger partial charge is 0.495 e. The predicted molar refractivity (Wildman–Crippen MR) is 103 cm³/mol. The molecule has 1 aliphatic rings. The van der Waals surface area contributed by atoms with E-state index in [1.165, 1.54) is 12.7 Å². The number of carbonyl (C=O) groups excluding carboxylic acids is 2. The van der Waals surface area contributed by atoms with Gasteiger partial charge in [-0.1, -0.05) is 17.7 Å². The maximum Gasteiger partial charge on any atom is 0.229 e. The average Bonchev–Trinajstić information content (AvgIpc) is 3.00. The first-order valence-electron chi connectivity index (χ1n) is 8.41. The van der Waals surface area contributed by atoms with Gasteiger partial charge in [-0.25, -0.2) is 0 Å². The zero-order valence-electron chi connectivity index (χ0n) is 15.0. The summed E-state index contributed by atoms with van der Waals surface area (Å²) in [6.07, 6.45) is 0.181. The van der Waals surface area contributed by atoms with Crippen LogP contribution in [0.4, 0.5) is 11.4 Å². The SMILES string of the molecule is COc1ccc(N2CC(C(=O)Nc3ccc(C)c(C)c3)CC2=O)cc1Cl. The van der Waals surface area contributed by atoms with Gasteiger partial charge in [-0.2, -0.15) is 0 Å². The molecule has 5 nitrogen and oxygen atoms in total. The number of halogens is 1. The Bertz CT molecular complexity index is 866. The number of rotatable bonds is 4. The topological polar surface area (TPSA) is 58.6 Å². The van der Waals surface area contributed by atoms with Crippen LogP contribution in [-0.4, -0.2) is 25.5 Å². The lowest BCUT2D eigenvalue weighted by atomic mass is 10.1. The lowest BCUT2D eigenvalue weighted by Crippen LogP contribution is -2.28. The molecule has 1 aliphatic heterocycles. The second-order valence-corrected chi connectivity index (χ2v) is 6.92. The standard InChI is InChI=1S/C20H21ClN2O3/c1-12-4-5-15(8-13(12)2)22-20(25)14-9-19(24)23(11-14)16-6-7-18(26-3)17(21)10-16/h4-8,10,14H,9,11H2,1-3H3,(H,22,25). The first-order chi connectivity index (χ1) is 12.4. The molecule has 3 rings (SSSR count). The summed E-state index contributed by atoms with van der Waals surface area (Å²) in [6, 6.07) is 10.9. The van der Waals surface area contributed by atoms with Gasteiger partial charge < -0.3 is 15.0 Å². The zero-order valence-corrected chi connectivity index (χ0v) is 15.8. The second kappa shape index (κ2) is 7.38. The van der Waals surface area contributed by atoms with Crippen molar-refractivity contribution in [1.29, 1.82) is 0 Å². The van der Waals surface area contributed by atoms with Crippen LogP contribution >= 0.6 is 11.6 Å². The Morgan fingerprint density at radius 3 is 2.62 bits per heavy atom. The number of nitrogens with zero attached hydrogens (tertiary/aromatic N) is 1. The lowest BCUT2D eigenvalue weighted by molar-refractivity contribution is -0.122. The first kappa shape index (κ1) is 18.3. The van der Waals surface area contributed by atoms with E-state index in [0.29, 0.717) is 23.0 Å². The molecule has 0 spiro atoms. The lowest BCUT2D eigenvalue weighted by Gasteiger charge is -2.18. The van der Waals surface area contributed by atoms with Crippen molar-refractivity contribution < 1.29 is 14.3 Å². The Hall–Kier alpha value is -2.53. The number of amides is 2. The number of nitrogens with one attached hydrogen (secondary N) is 1. The molecule has 1 saturated heterocycles. The first-order valence-corrected chi connectivity index (χ1v) is 8.79. The van der Waals surface area contributed by atoms with Crippen LogP contribution in [0, 0.1) is 19.8 Å². The number of hydrogen-bond acceptors (Lipinski definition) is 3. The fourth-order valence-corrected chi connectivity index (χ4v) is 3.27. The molecule has 2 aromatic carbocycles. The molecule has 0 saturated carbocycles. The van der Waals surface area contributed by atoms with Crippen molar-refractivity contribution in [3.8, 4) is 5.75 Å². The Kier molecular flexibility index (Phi) is 5.18. The van der Waals surface area contributed by atoms with E-state index in [2.05, 4.69) is 5.32 Å². The molecule has 1 unspecified atom stereocenters. The van der Waals surface area contributed by atoms with Gasteiger partial charge in [-0.15, -0.1) is 0 Å². The van der Waals surface area contributed by atoms with Crippen LogP contribution < -0.4 is 15.0 Å². The van der Waals surface area contributed by atoms with Crippen LogP contribution in [0.1, 0.15) is 17.5 Å². The van der Waals surface area contributed by atoms with Gasteiger partial charge in [0.05, 0.1) is 18.1 Å². The van der Waals surface area contributed by atoms with E-state index < -0.39 is 5.92 Å². The minimum absolute atomic E-state index is 0.0912. The molecule has 0 aliphatic carbocycles. The van der Waals surface area contributed by atoms with Gasteiger partial charge in [0.25, 0.3) is 0 Å². The molecular weight excluding hydrogens is 352 g/mol. The summed E-state index contributed by atoms with van der Waals surface area (Å²) in [4.78, 5) is 26.5. The van der Waals surface area contributed by atoms with E-state index in [4.69, 9.17) is 16.3 Å². The van der Waals surface area contributed by atoms with Crippen molar-refractivity contribution in [3.63, 3.8) is 0 Å². The van der Waals surface area contributed by atoms with Crippen molar-refractivity contribution in [1.82, 2.24) is 0 Å². The number of hydrogen-bond donors (Lipinski definition) is 1. The predicted octanol–water partition coefficient (Wildman–Crippen LogP) is 3.96. The molecule has 1 heterocycles. The minimum atomic E-state index is -0.398. The zero-order chi connectivity index (χ0) is 18.8. The molecule has 6 heteroatoms. The normalized spacial score (nSPS) is 16.7. The molecule has 2 aromatic rings. The van der Waals surface area contributed by atoms with Crippen LogP contribution in [0.15, 0.2) is 36.4 Å². The van der Waals surface area contributed by atoms with Gasteiger partial charge in [-0.05, 0) is 55.3 Å². The van der Waals surface area contributed by atoms with Crippen molar-refractivity contribution in [2.24, 2.45) is 5.92 Å². The minimum Gasteiger partial charge on any atom is -0.495 e. The van der Waals surface area contributed by atoms with Crippen molar-refractivity contribution in [2.45, 2.75) is 20.3 Å². The quantitative estimate of drug-likeness (QED) is 0.883. The van der Waals surface area contributed by atoms with Crippen molar-refractivity contribution in [3.05, 3.63) is 52.5 Å². The molecule has 0 bridgehead atoms. The summed E-state index contributed by atoms with van der Waals surface area (Å²) < 4.78 is 5.13. The number of carbonyl (C=O) groups is 2. The molecule has 1 N–H and O–H groups in total. The van der Waals surface area contributed by atoms with Gasteiger partial charge in [0.15, 0.2) is 0 Å². The number of methoxy groups -OCH3 is 1. The molecular formula is C20H21ClN2O3. The van der Waals surface area contributed by atoms with Crippen LogP contribution in [-0.2, 0) is 9.59 Å². The summed E-state index contributed by atoms with van der Waals surface area (Å²) in [6.45, 7) is 4.35. The van der Waals surface area contributed by atoms with Gasteiger partial charge in [0, 0.05) is 24.3 Å². The van der Waals surface area contributed by atoms with E-state index in [1.54, 1.807) is 23.1 Å².